The van der Waals surface area contributed by atoms with Crippen LogP contribution in [-0.2, 0) is 16.0 Å². The summed E-state index contributed by atoms with van der Waals surface area (Å²) in [5.74, 6) is 0.248. The molecular weight excluding hydrogens is 478 g/mol. The van der Waals surface area contributed by atoms with Crippen molar-refractivity contribution in [1.29, 1.82) is 0 Å². The van der Waals surface area contributed by atoms with Crippen molar-refractivity contribution < 1.29 is 9.59 Å². The van der Waals surface area contributed by atoms with Gasteiger partial charge < -0.3 is 9.80 Å². The van der Waals surface area contributed by atoms with E-state index < -0.39 is 0 Å². The van der Waals surface area contributed by atoms with Crippen LogP contribution >= 0.6 is 11.3 Å². The summed E-state index contributed by atoms with van der Waals surface area (Å²) in [6.07, 6.45) is 2.33. The molecule has 0 bridgehead atoms. The molecule has 0 saturated carbocycles. The summed E-state index contributed by atoms with van der Waals surface area (Å²) < 4.78 is 0. The fraction of sp³-hybridized carbons (Fsp3) is 0.419. The number of piperazine rings is 1. The van der Waals surface area contributed by atoms with Crippen molar-refractivity contribution in [3.63, 3.8) is 0 Å². The number of benzene rings is 2. The van der Waals surface area contributed by atoms with E-state index in [2.05, 4.69) is 60.5 Å². The van der Waals surface area contributed by atoms with E-state index in [9.17, 15) is 9.59 Å². The monoisotopic (exact) mass is 515 g/mol. The predicted octanol–water partition coefficient (Wildman–Crippen LogP) is 5.34. The van der Waals surface area contributed by atoms with Crippen LogP contribution in [0.3, 0.4) is 0 Å². The van der Waals surface area contributed by atoms with E-state index in [1.54, 1.807) is 0 Å². The lowest BCUT2D eigenvalue weighted by Crippen LogP contribution is -2.56. The fourth-order valence-corrected chi connectivity index (χ4v) is 6.89. The van der Waals surface area contributed by atoms with Crippen LogP contribution in [0.5, 0.6) is 0 Å². The second-order valence-electron chi connectivity index (χ2n) is 10.2. The van der Waals surface area contributed by atoms with E-state index in [1.165, 1.54) is 16.0 Å². The summed E-state index contributed by atoms with van der Waals surface area (Å²) in [6.45, 7) is 7.67. The molecule has 1 saturated heterocycles. The topological polar surface area (TPSA) is 43.9 Å². The highest BCUT2D eigenvalue weighted by molar-refractivity contribution is 7.10. The third-order valence-electron chi connectivity index (χ3n) is 7.97. The van der Waals surface area contributed by atoms with Crippen molar-refractivity contribution in [3.05, 3.63) is 93.7 Å². The number of carbonyl (C=O) groups excluding carboxylic acids is 2. The average Bonchev–Trinajstić information content (AvgIpc) is 3.41. The van der Waals surface area contributed by atoms with Gasteiger partial charge in [0.15, 0.2) is 0 Å². The van der Waals surface area contributed by atoms with Gasteiger partial charge >= 0.3 is 0 Å². The van der Waals surface area contributed by atoms with E-state index in [0.29, 0.717) is 26.1 Å². The van der Waals surface area contributed by atoms with Crippen molar-refractivity contribution in [2.75, 3.05) is 32.7 Å². The highest BCUT2D eigenvalue weighted by Crippen LogP contribution is 2.37. The molecule has 2 aliphatic rings. The maximum Gasteiger partial charge on any atom is 0.230 e. The van der Waals surface area contributed by atoms with Crippen molar-refractivity contribution in [3.8, 4) is 0 Å². The summed E-state index contributed by atoms with van der Waals surface area (Å²) in [5, 5.41) is 2.19. The lowest BCUT2D eigenvalue weighted by molar-refractivity contribution is -0.143. The molecule has 3 unspecified atom stereocenters. The summed E-state index contributed by atoms with van der Waals surface area (Å²) >= 11 is 1.84. The number of amides is 2. The highest BCUT2D eigenvalue weighted by atomic mass is 32.1. The van der Waals surface area contributed by atoms with Crippen molar-refractivity contribution >= 4 is 23.2 Å². The molecule has 194 valence electrons. The molecule has 2 aromatic carbocycles. The highest BCUT2D eigenvalue weighted by Gasteiger charge is 2.34. The molecule has 2 amide bonds. The van der Waals surface area contributed by atoms with Gasteiger partial charge in [-0.15, -0.1) is 11.3 Å². The SMILES string of the molecule is CCC(C(=O)N1CCN(C(=O)CCN2CCc3sccc3C2c2ccccc2)CC1C)c1ccccc1. The Labute approximate surface area is 224 Å². The minimum absolute atomic E-state index is 0.0170. The van der Waals surface area contributed by atoms with Gasteiger partial charge in [0.25, 0.3) is 0 Å². The second kappa shape index (κ2) is 11.6. The standard InChI is InChI=1S/C31H37N3O2S/c1-3-26(24-10-6-4-7-11-24)31(36)34-20-19-33(22-23(34)2)29(35)15-18-32-17-14-28-27(16-21-37-28)30(32)25-12-8-5-9-13-25/h4-13,16,21,23,26,30H,3,14-15,17-20,22H2,1-2H3. The number of hydrogen-bond donors (Lipinski definition) is 0. The molecule has 5 nitrogen and oxygen atoms in total. The number of nitrogens with zero attached hydrogens (tertiary/aromatic N) is 3. The lowest BCUT2D eigenvalue weighted by atomic mass is 9.93. The van der Waals surface area contributed by atoms with Crippen molar-refractivity contribution in [2.24, 2.45) is 0 Å². The zero-order valence-electron chi connectivity index (χ0n) is 21.9. The van der Waals surface area contributed by atoms with Gasteiger partial charge in [0.1, 0.15) is 0 Å². The van der Waals surface area contributed by atoms with E-state index in [-0.39, 0.29) is 29.8 Å². The molecular formula is C31H37N3O2S. The minimum atomic E-state index is -0.123. The molecule has 3 aromatic rings. The van der Waals surface area contributed by atoms with E-state index >= 15 is 0 Å². The zero-order chi connectivity index (χ0) is 25.8. The Balaban J connectivity index is 1.20. The van der Waals surface area contributed by atoms with Gasteiger partial charge in [0.2, 0.25) is 11.8 Å². The van der Waals surface area contributed by atoms with Gasteiger partial charge in [0.05, 0.1) is 12.0 Å². The number of carbonyl (C=O) groups is 2. The molecule has 0 radical (unpaired) electrons. The molecule has 0 spiro atoms. The Hall–Kier alpha value is -2.96. The second-order valence-corrected chi connectivity index (χ2v) is 11.2. The summed E-state index contributed by atoms with van der Waals surface area (Å²) in [6, 6.07) is 23.2. The molecule has 3 atom stereocenters. The van der Waals surface area contributed by atoms with E-state index in [4.69, 9.17) is 0 Å². The first kappa shape index (κ1) is 25.7. The first-order valence-corrected chi connectivity index (χ1v) is 14.4. The Morgan fingerprint density at radius 3 is 2.41 bits per heavy atom. The van der Waals surface area contributed by atoms with Crippen molar-refractivity contribution in [2.45, 2.75) is 51.1 Å². The lowest BCUT2D eigenvalue weighted by Gasteiger charge is -2.42. The van der Waals surface area contributed by atoms with Gasteiger partial charge in [-0.25, -0.2) is 0 Å². The Morgan fingerprint density at radius 1 is 0.973 bits per heavy atom. The van der Waals surface area contributed by atoms with Crippen LogP contribution in [0.2, 0.25) is 0 Å². The largest absolute Gasteiger partial charge is 0.339 e. The third-order valence-corrected chi connectivity index (χ3v) is 8.96. The first-order chi connectivity index (χ1) is 18.1. The third kappa shape index (κ3) is 5.51. The molecule has 0 aliphatic carbocycles. The Morgan fingerprint density at radius 2 is 1.70 bits per heavy atom. The zero-order valence-corrected chi connectivity index (χ0v) is 22.7. The molecule has 6 heteroatoms. The molecule has 1 aromatic heterocycles. The van der Waals surface area contributed by atoms with Crippen LogP contribution in [-0.4, -0.2) is 65.3 Å². The van der Waals surface area contributed by atoms with E-state index in [0.717, 1.165) is 31.5 Å². The van der Waals surface area contributed by atoms with Crippen molar-refractivity contribution in [1.82, 2.24) is 14.7 Å². The molecule has 0 N–H and O–H groups in total. The van der Waals surface area contributed by atoms with Crippen LogP contribution < -0.4 is 0 Å². The number of rotatable bonds is 7. The van der Waals surface area contributed by atoms with Crippen LogP contribution in [0.1, 0.15) is 60.2 Å². The summed E-state index contributed by atoms with van der Waals surface area (Å²) in [5.41, 5.74) is 3.75. The Bertz CT molecular complexity index is 1200. The minimum Gasteiger partial charge on any atom is -0.339 e. The molecule has 3 heterocycles. The Kier molecular flexibility index (Phi) is 8.06. The average molecular weight is 516 g/mol. The number of fused-ring (bicyclic) bond motifs is 1. The van der Waals surface area contributed by atoms with E-state index in [1.807, 2.05) is 51.5 Å². The van der Waals surface area contributed by atoms with Crippen LogP contribution in [0.15, 0.2) is 72.1 Å². The van der Waals surface area contributed by atoms with Crippen LogP contribution in [0.4, 0.5) is 0 Å². The molecule has 2 aliphatic heterocycles. The maximum atomic E-state index is 13.4. The molecule has 5 rings (SSSR count). The normalized spacial score (nSPS) is 20.9. The fourth-order valence-electron chi connectivity index (χ4n) is 5.98. The quantitative estimate of drug-likeness (QED) is 0.427. The van der Waals surface area contributed by atoms with Gasteiger partial charge in [0, 0.05) is 50.1 Å². The van der Waals surface area contributed by atoms with Crippen LogP contribution in [0.25, 0.3) is 0 Å². The van der Waals surface area contributed by atoms with Crippen LogP contribution in [0, 0.1) is 0 Å². The van der Waals surface area contributed by atoms with Gasteiger partial charge in [-0.2, -0.15) is 0 Å². The van der Waals surface area contributed by atoms with Gasteiger partial charge in [-0.05, 0) is 47.9 Å². The summed E-state index contributed by atoms with van der Waals surface area (Å²) in [4.78, 5) is 34.6. The smallest absolute Gasteiger partial charge is 0.230 e. The first-order valence-electron chi connectivity index (χ1n) is 13.5. The number of hydrogen-bond acceptors (Lipinski definition) is 4. The van der Waals surface area contributed by atoms with Gasteiger partial charge in [-0.1, -0.05) is 67.6 Å². The number of thiophene rings is 1. The maximum absolute atomic E-state index is 13.4. The predicted molar refractivity (Wildman–Crippen MR) is 150 cm³/mol. The molecule has 1 fully saturated rings. The summed E-state index contributed by atoms with van der Waals surface area (Å²) in [7, 11) is 0. The molecule has 37 heavy (non-hydrogen) atoms. The van der Waals surface area contributed by atoms with Gasteiger partial charge in [-0.3, -0.25) is 14.5 Å².